The van der Waals surface area contributed by atoms with Crippen LogP contribution in [0.4, 0.5) is 0 Å². The van der Waals surface area contributed by atoms with Crippen molar-refractivity contribution in [2.75, 3.05) is 13.2 Å². The summed E-state index contributed by atoms with van der Waals surface area (Å²) in [7, 11) is 0. The highest BCUT2D eigenvalue weighted by Gasteiger charge is 2.47. The van der Waals surface area contributed by atoms with Crippen molar-refractivity contribution in [2.24, 2.45) is 0 Å². The van der Waals surface area contributed by atoms with E-state index < -0.39 is 5.54 Å². The lowest BCUT2D eigenvalue weighted by Crippen LogP contribution is -2.64. The van der Waals surface area contributed by atoms with E-state index in [1.165, 1.54) is 0 Å². The van der Waals surface area contributed by atoms with Crippen LogP contribution in [0.25, 0.3) is 0 Å². The number of nitrogens with one attached hydrogen (secondary N) is 1. The highest BCUT2D eigenvalue weighted by Crippen LogP contribution is 2.32. The minimum absolute atomic E-state index is 0.109. The van der Waals surface area contributed by atoms with E-state index in [1.54, 1.807) is 12.1 Å². The molecule has 1 aromatic carbocycles. The maximum atomic E-state index is 12.6. The summed E-state index contributed by atoms with van der Waals surface area (Å²) in [6, 6.07) is 9.21. The van der Waals surface area contributed by atoms with E-state index in [9.17, 15) is 4.79 Å². The first-order valence-corrected chi connectivity index (χ1v) is 8.26. The average Bonchev–Trinajstić information content (AvgIpc) is 2.52. The predicted octanol–water partition coefficient (Wildman–Crippen LogP) is 2.75. The fraction of sp³-hybridized carbons (Fsp3) is 0.611. The van der Waals surface area contributed by atoms with Crippen molar-refractivity contribution in [2.45, 2.75) is 58.2 Å². The molecule has 0 unspecified atom stereocenters. The molecule has 5 nitrogen and oxygen atoms in total. The van der Waals surface area contributed by atoms with Gasteiger partial charge in [-0.1, -0.05) is 18.2 Å². The minimum atomic E-state index is -0.555. The van der Waals surface area contributed by atoms with Gasteiger partial charge in [0.2, 0.25) is 0 Å². The standard InChI is InChI=1S/C18H27NO4/c1-5-21-15-12-18(4,16(22-6-2)13(3)23-15)19-17(20)14-10-8-7-9-11-14/h7-11,13,15-16H,5-6,12H2,1-4H3,(H,19,20)/t13-,15+,16+,18-/m1/s1. The fourth-order valence-corrected chi connectivity index (χ4v) is 3.17. The number of benzene rings is 1. The maximum absolute atomic E-state index is 12.6. The van der Waals surface area contributed by atoms with Gasteiger partial charge in [0.25, 0.3) is 5.91 Å². The molecule has 0 aliphatic carbocycles. The molecule has 1 fully saturated rings. The summed E-state index contributed by atoms with van der Waals surface area (Å²) < 4.78 is 17.4. The first-order chi connectivity index (χ1) is 11.0. The highest BCUT2D eigenvalue weighted by molar-refractivity contribution is 5.94. The zero-order chi connectivity index (χ0) is 16.9. The van der Waals surface area contributed by atoms with Crippen molar-refractivity contribution >= 4 is 5.91 Å². The lowest BCUT2D eigenvalue weighted by atomic mass is 9.84. The topological polar surface area (TPSA) is 56.8 Å². The summed E-state index contributed by atoms with van der Waals surface area (Å²) in [5, 5.41) is 3.14. The Balaban J connectivity index is 2.19. The van der Waals surface area contributed by atoms with Gasteiger partial charge in [-0.15, -0.1) is 0 Å². The Bertz CT molecular complexity index is 507. The molecule has 0 spiro atoms. The van der Waals surface area contributed by atoms with Gasteiger partial charge >= 0.3 is 0 Å². The van der Waals surface area contributed by atoms with Gasteiger partial charge in [-0.25, -0.2) is 0 Å². The van der Waals surface area contributed by atoms with Gasteiger partial charge in [0, 0.05) is 25.2 Å². The van der Waals surface area contributed by atoms with Crippen LogP contribution in [0.3, 0.4) is 0 Å². The Labute approximate surface area is 138 Å². The van der Waals surface area contributed by atoms with Crippen LogP contribution < -0.4 is 5.32 Å². The third-order valence-electron chi connectivity index (χ3n) is 4.15. The molecule has 1 aromatic rings. The molecule has 1 N–H and O–H groups in total. The van der Waals surface area contributed by atoms with E-state index in [-0.39, 0.29) is 24.4 Å². The van der Waals surface area contributed by atoms with Crippen molar-refractivity contribution in [1.82, 2.24) is 5.32 Å². The van der Waals surface area contributed by atoms with Gasteiger partial charge in [0.1, 0.15) is 6.10 Å². The fourth-order valence-electron chi connectivity index (χ4n) is 3.17. The lowest BCUT2D eigenvalue weighted by Gasteiger charge is -2.47. The van der Waals surface area contributed by atoms with Crippen molar-refractivity contribution in [3.63, 3.8) is 0 Å². The number of carbonyl (C=O) groups is 1. The van der Waals surface area contributed by atoms with Crippen molar-refractivity contribution < 1.29 is 19.0 Å². The molecule has 0 saturated carbocycles. The smallest absolute Gasteiger partial charge is 0.251 e. The van der Waals surface area contributed by atoms with Crippen LogP contribution in [0.1, 0.15) is 44.5 Å². The Morgan fingerprint density at radius 2 is 1.91 bits per heavy atom. The Morgan fingerprint density at radius 1 is 1.26 bits per heavy atom. The van der Waals surface area contributed by atoms with Crippen LogP contribution in [0.2, 0.25) is 0 Å². The molecule has 1 aliphatic heterocycles. The molecule has 5 heteroatoms. The summed E-state index contributed by atoms with van der Waals surface area (Å²) in [5.41, 5.74) is 0.0801. The van der Waals surface area contributed by atoms with Crippen molar-refractivity contribution in [3.05, 3.63) is 35.9 Å². The average molecular weight is 321 g/mol. The second kappa shape index (κ2) is 7.90. The molecule has 1 saturated heterocycles. The zero-order valence-corrected chi connectivity index (χ0v) is 14.4. The van der Waals surface area contributed by atoms with E-state index in [0.717, 1.165) is 0 Å². The highest BCUT2D eigenvalue weighted by atomic mass is 16.7. The number of hydrogen-bond donors (Lipinski definition) is 1. The van der Waals surface area contributed by atoms with Gasteiger partial charge < -0.3 is 19.5 Å². The van der Waals surface area contributed by atoms with Crippen LogP contribution in [0.15, 0.2) is 30.3 Å². The van der Waals surface area contributed by atoms with E-state index >= 15 is 0 Å². The van der Waals surface area contributed by atoms with E-state index in [2.05, 4.69) is 5.32 Å². The van der Waals surface area contributed by atoms with E-state index in [0.29, 0.717) is 25.2 Å². The third-order valence-corrected chi connectivity index (χ3v) is 4.15. The molecule has 1 heterocycles. The van der Waals surface area contributed by atoms with Gasteiger partial charge in [0.15, 0.2) is 6.29 Å². The molecule has 128 valence electrons. The summed E-state index contributed by atoms with van der Waals surface area (Å²) in [4.78, 5) is 12.6. The molecule has 2 rings (SSSR count). The van der Waals surface area contributed by atoms with Gasteiger partial charge in [-0.3, -0.25) is 4.79 Å². The summed E-state index contributed by atoms with van der Waals surface area (Å²) >= 11 is 0. The molecular formula is C18H27NO4. The van der Waals surface area contributed by atoms with Crippen molar-refractivity contribution in [3.8, 4) is 0 Å². The van der Waals surface area contributed by atoms with Crippen molar-refractivity contribution in [1.29, 1.82) is 0 Å². The molecule has 0 bridgehead atoms. The Hall–Kier alpha value is -1.43. The summed E-state index contributed by atoms with van der Waals surface area (Å²) in [5.74, 6) is -0.109. The third kappa shape index (κ3) is 4.31. The largest absolute Gasteiger partial charge is 0.373 e. The molecule has 23 heavy (non-hydrogen) atoms. The van der Waals surface area contributed by atoms with E-state index in [1.807, 2.05) is 45.9 Å². The monoisotopic (exact) mass is 321 g/mol. The molecule has 0 aromatic heterocycles. The summed E-state index contributed by atoms with van der Waals surface area (Å²) in [6.07, 6.45) is -0.181. The Morgan fingerprint density at radius 3 is 2.52 bits per heavy atom. The second-order valence-corrected chi connectivity index (χ2v) is 6.04. The number of ether oxygens (including phenoxy) is 3. The SMILES string of the molecule is CCO[C@@H]1C[C@@](C)(NC(=O)c2ccccc2)[C@@H](OCC)[C@@H](C)O1. The van der Waals surface area contributed by atoms with Gasteiger partial charge in [-0.05, 0) is 39.8 Å². The first-order valence-electron chi connectivity index (χ1n) is 8.26. The molecular weight excluding hydrogens is 294 g/mol. The van der Waals surface area contributed by atoms with Crippen LogP contribution in [-0.2, 0) is 14.2 Å². The number of amides is 1. The van der Waals surface area contributed by atoms with Crippen LogP contribution >= 0.6 is 0 Å². The van der Waals surface area contributed by atoms with Crippen LogP contribution in [0, 0.1) is 0 Å². The lowest BCUT2D eigenvalue weighted by molar-refractivity contribution is -0.246. The Kier molecular flexibility index (Phi) is 6.16. The molecule has 1 amide bonds. The van der Waals surface area contributed by atoms with Crippen LogP contribution in [0.5, 0.6) is 0 Å². The maximum Gasteiger partial charge on any atom is 0.251 e. The number of hydrogen-bond acceptors (Lipinski definition) is 4. The first kappa shape index (κ1) is 17.9. The normalized spacial score (nSPS) is 30.9. The molecule has 0 radical (unpaired) electrons. The minimum Gasteiger partial charge on any atom is -0.373 e. The quantitative estimate of drug-likeness (QED) is 0.875. The summed E-state index contributed by atoms with van der Waals surface area (Å²) in [6.45, 7) is 8.97. The van der Waals surface area contributed by atoms with Crippen LogP contribution in [-0.4, -0.2) is 43.2 Å². The van der Waals surface area contributed by atoms with Gasteiger partial charge in [0.05, 0.1) is 11.6 Å². The molecule has 1 aliphatic rings. The predicted molar refractivity (Wildman–Crippen MR) is 88.3 cm³/mol. The second-order valence-electron chi connectivity index (χ2n) is 6.04. The van der Waals surface area contributed by atoms with Gasteiger partial charge in [-0.2, -0.15) is 0 Å². The number of rotatable bonds is 6. The number of carbonyl (C=O) groups excluding carboxylic acids is 1. The molecule has 4 atom stereocenters. The van der Waals surface area contributed by atoms with E-state index in [4.69, 9.17) is 14.2 Å². The zero-order valence-electron chi connectivity index (χ0n) is 14.4.